The molecule has 0 saturated carbocycles. The number of fused-ring (bicyclic) bond motifs is 1. The van der Waals surface area contributed by atoms with Crippen molar-refractivity contribution in [2.75, 3.05) is 5.32 Å². The van der Waals surface area contributed by atoms with Gasteiger partial charge in [-0.1, -0.05) is 18.2 Å². The molecule has 1 amide bonds. The van der Waals surface area contributed by atoms with Crippen molar-refractivity contribution in [1.29, 1.82) is 0 Å². The summed E-state index contributed by atoms with van der Waals surface area (Å²) in [5.74, 6) is -0.258. The number of nitrogens with zero attached hydrogens (tertiary/aromatic N) is 3. The Morgan fingerprint density at radius 1 is 1.23 bits per heavy atom. The first kappa shape index (κ1) is 15.9. The van der Waals surface area contributed by atoms with Crippen molar-refractivity contribution in [3.8, 4) is 11.1 Å². The van der Waals surface area contributed by atoms with Gasteiger partial charge in [-0.25, -0.2) is 4.98 Å². The third-order valence-electron chi connectivity index (χ3n) is 4.29. The predicted octanol–water partition coefficient (Wildman–Crippen LogP) is 2.59. The molecule has 0 atom stereocenters. The average molecular weight is 347 g/mol. The normalized spacial score (nSPS) is 11.0. The Morgan fingerprint density at radius 2 is 2.08 bits per heavy atom. The summed E-state index contributed by atoms with van der Waals surface area (Å²) in [6.45, 7) is 1.91. The lowest BCUT2D eigenvalue weighted by atomic mass is 10.1. The molecule has 130 valence electrons. The van der Waals surface area contributed by atoms with Crippen LogP contribution in [0, 0.1) is 6.92 Å². The summed E-state index contributed by atoms with van der Waals surface area (Å²) in [7, 11) is 1.76. The first-order chi connectivity index (χ1) is 12.5. The number of carbonyl (C=O) groups is 1. The highest BCUT2D eigenvalue weighted by molar-refractivity contribution is 6.04. The van der Waals surface area contributed by atoms with Crippen molar-refractivity contribution in [2.24, 2.45) is 7.05 Å². The Balaban J connectivity index is 1.70. The topological polar surface area (TPSA) is 84.2 Å². The molecule has 3 heterocycles. The molecule has 0 aliphatic heterocycles. The number of amides is 1. The monoisotopic (exact) mass is 347 g/mol. The Bertz CT molecular complexity index is 1180. The zero-order valence-corrected chi connectivity index (χ0v) is 14.4. The molecule has 0 saturated heterocycles. The number of pyridine rings is 1. The van der Waals surface area contributed by atoms with Crippen LogP contribution in [0.15, 0.2) is 59.8 Å². The Labute approximate surface area is 148 Å². The lowest BCUT2D eigenvalue weighted by Crippen LogP contribution is -2.15. The maximum Gasteiger partial charge on any atom is 0.274 e. The van der Waals surface area contributed by atoms with Crippen LogP contribution < -0.4 is 10.9 Å². The van der Waals surface area contributed by atoms with Gasteiger partial charge >= 0.3 is 0 Å². The fourth-order valence-electron chi connectivity index (χ4n) is 2.92. The molecule has 1 aromatic carbocycles. The molecule has 26 heavy (non-hydrogen) atoms. The highest BCUT2D eigenvalue weighted by Crippen LogP contribution is 2.24. The molecule has 7 heteroatoms. The van der Waals surface area contributed by atoms with Crippen LogP contribution in [0.4, 0.5) is 5.69 Å². The van der Waals surface area contributed by atoms with Crippen molar-refractivity contribution in [1.82, 2.24) is 19.2 Å². The van der Waals surface area contributed by atoms with E-state index in [2.05, 4.69) is 15.4 Å². The fourth-order valence-corrected chi connectivity index (χ4v) is 2.92. The van der Waals surface area contributed by atoms with E-state index in [-0.39, 0.29) is 11.5 Å². The van der Waals surface area contributed by atoms with Crippen LogP contribution >= 0.6 is 0 Å². The van der Waals surface area contributed by atoms with Gasteiger partial charge in [-0.3, -0.25) is 23.8 Å². The highest BCUT2D eigenvalue weighted by Gasteiger charge is 2.14. The number of aryl methyl sites for hydroxylation is 2. The predicted molar refractivity (Wildman–Crippen MR) is 99.4 cm³/mol. The zero-order chi connectivity index (χ0) is 18.3. The van der Waals surface area contributed by atoms with Crippen LogP contribution in [0.1, 0.15) is 16.1 Å². The van der Waals surface area contributed by atoms with Gasteiger partial charge in [0.2, 0.25) is 0 Å². The van der Waals surface area contributed by atoms with Crippen molar-refractivity contribution in [3.05, 3.63) is 76.6 Å². The maximum atomic E-state index is 12.7. The molecule has 0 aliphatic carbocycles. The third-order valence-corrected chi connectivity index (χ3v) is 4.29. The van der Waals surface area contributed by atoms with Gasteiger partial charge < -0.3 is 5.32 Å². The Morgan fingerprint density at radius 3 is 2.85 bits per heavy atom. The van der Waals surface area contributed by atoms with E-state index in [9.17, 15) is 9.59 Å². The summed E-state index contributed by atoms with van der Waals surface area (Å²) < 4.78 is 3.34. The molecular formula is C19H17N5O2. The minimum atomic E-state index is -0.258. The van der Waals surface area contributed by atoms with Crippen LogP contribution in [0.5, 0.6) is 0 Å². The van der Waals surface area contributed by atoms with Crippen LogP contribution in [0.2, 0.25) is 0 Å². The Kier molecular flexibility index (Phi) is 3.69. The highest BCUT2D eigenvalue weighted by atomic mass is 16.2. The van der Waals surface area contributed by atoms with E-state index in [0.29, 0.717) is 22.6 Å². The van der Waals surface area contributed by atoms with E-state index in [1.807, 2.05) is 37.3 Å². The molecule has 0 spiro atoms. The number of anilines is 1. The molecule has 3 aromatic heterocycles. The van der Waals surface area contributed by atoms with Gasteiger partial charge in [0, 0.05) is 25.1 Å². The largest absolute Gasteiger partial charge is 0.320 e. The second-order valence-corrected chi connectivity index (χ2v) is 6.15. The number of hydrogen-bond donors (Lipinski definition) is 2. The number of nitrogens with one attached hydrogen (secondary N) is 2. The fraction of sp³-hybridized carbons (Fsp3) is 0.105. The standard InChI is InChI=1S/C19H17N5O2/c1-12-6-7-13(14-11-23(2)22-18(14)25)9-15(12)21-19(26)16-10-20-17-5-3-4-8-24(16)17/h3-11H,1-2H3,(H,21,26)(H,22,25). The van der Waals surface area contributed by atoms with Gasteiger partial charge in [-0.15, -0.1) is 0 Å². The molecule has 0 aliphatic rings. The average Bonchev–Trinajstić information content (AvgIpc) is 3.19. The maximum absolute atomic E-state index is 12.7. The van der Waals surface area contributed by atoms with Gasteiger partial charge in [-0.05, 0) is 36.2 Å². The molecule has 2 N–H and O–H groups in total. The first-order valence-electron chi connectivity index (χ1n) is 8.13. The van der Waals surface area contributed by atoms with Crippen molar-refractivity contribution in [2.45, 2.75) is 6.92 Å². The number of aromatic amines is 1. The van der Waals surface area contributed by atoms with Crippen LogP contribution in [0.3, 0.4) is 0 Å². The number of rotatable bonds is 3. The molecule has 7 nitrogen and oxygen atoms in total. The van der Waals surface area contributed by atoms with E-state index < -0.39 is 0 Å². The molecule has 0 fully saturated rings. The van der Waals surface area contributed by atoms with Gasteiger partial charge in [0.1, 0.15) is 11.3 Å². The number of H-pyrrole nitrogens is 1. The van der Waals surface area contributed by atoms with Crippen molar-refractivity contribution in [3.63, 3.8) is 0 Å². The lowest BCUT2D eigenvalue weighted by molar-refractivity contribution is 0.102. The first-order valence-corrected chi connectivity index (χ1v) is 8.13. The molecule has 4 aromatic rings. The van der Waals surface area contributed by atoms with Gasteiger partial charge in [0.25, 0.3) is 11.5 Å². The Hall–Kier alpha value is -3.61. The van der Waals surface area contributed by atoms with Crippen molar-refractivity contribution < 1.29 is 4.79 Å². The van der Waals surface area contributed by atoms with Gasteiger partial charge in [-0.2, -0.15) is 0 Å². The van der Waals surface area contributed by atoms with Crippen LogP contribution in [0.25, 0.3) is 16.8 Å². The molecule has 0 unspecified atom stereocenters. The summed E-state index contributed by atoms with van der Waals surface area (Å²) in [5, 5.41) is 5.61. The minimum Gasteiger partial charge on any atom is -0.320 e. The molecular weight excluding hydrogens is 330 g/mol. The SMILES string of the molecule is Cc1ccc(-c2cn(C)[nH]c2=O)cc1NC(=O)c1cnc2ccccn12. The van der Waals surface area contributed by atoms with E-state index >= 15 is 0 Å². The summed E-state index contributed by atoms with van der Waals surface area (Å²) in [4.78, 5) is 29.0. The van der Waals surface area contributed by atoms with Crippen molar-refractivity contribution >= 4 is 17.2 Å². The summed E-state index contributed by atoms with van der Waals surface area (Å²) in [5.41, 5.74) is 3.84. The number of hydrogen-bond acceptors (Lipinski definition) is 3. The summed E-state index contributed by atoms with van der Waals surface area (Å²) in [6.07, 6.45) is 5.07. The number of carbonyl (C=O) groups excluding carboxylic acids is 1. The van der Waals surface area contributed by atoms with Gasteiger partial charge in [0.05, 0.1) is 11.8 Å². The van der Waals surface area contributed by atoms with Crippen LogP contribution in [-0.2, 0) is 7.05 Å². The van der Waals surface area contributed by atoms with E-state index in [1.165, 1.54) is 0 Å². The van der Waals surface area contributed by atoms with E-state index in [1.54, 1.807) is 40.8 Å². The number of benzene rings is 1. The second kappa shape index (κ2) is 6.03. The third kappa shape index (κ3) is 2.69. The zero-order valence-electron chi connectivity index (χ0n) is 14.4. The van der Waals surface area contributed by atoms with Crippen LogP contribution in [-0.4, -0.2) is 25.1 Å². The lowest BCUT2D eigenvalue weighted by Gasteiger charge is -2.10. The summed E-state index contributed by atoms with van der Waals surface area (Å²) in [6, 6.07) is 11.1. The number of imidazole rings is 1. The quantitative estimate of drug-likeness (QED) is 0.597. The second-order valence-electron chi connectivity index (χ2n) is 6.15. The molecule has 0 radical (unpaired) electrons. The smallest absolute Gasteiger partial charge is 0.274 e. The number of aromatic nitrogens is 4. The molecule has 4 rings (SSSR count). The van der Waals surface area contributed by atoms with E-state index in [0.717, 1.165) is 11.1 Å². The summed E-state index contributed by atoms with van der Waals surface area (Å²) >= 11 is 0. The van der Waals surface area contributed by atoms with E-state index in [4.69, 9.17) is 0 Å². The minimum absolute atomic E-state index is 0.171. The van der Waals surface area contributed by atoms with Gasteiger partial charge in [0.15, 0.2) is 0 Å². The molecule has 0 bridgehead atoms.